The average molecular weight is 336 g/mol. The number of nitrogens with zero attached hydrogens (tertiary/aromatic N) is 1. The molecule has 5 nitrogen and oxygen atoms in total. The van der Waals surface area contributed by atoms with Crippen molar-refractivity contribution in [3.05, 3.63) is 46.2 Å². The lowest BCUT2D eigenvalue weighted by Gasteiger charge is -2.10. The van der Waals surface area contributed by atoms with Gasteiger partial charge in [-0.25, -0.2) is 0 Å². The number of nitrogen functional groups attached to an aromatic ring is 1. The highest BCUT2D eigenvalue weighted by molar-refractivity contribution is 9.10. The molecule has 1 aromatic heterocycles. The van der Waals surface area contributed by atoms with E-state index in [1.54, 1.807) is 38.3 Å². The zero-order valence-electron chi connectivity index (χ0n) is 11.1. The van der Waals surface area contributed by atoms with E-state index in [1.165, 1.54) is 6.20 Å². The Morgan fingerprint density at radius 1 is 1.40 bits per heavy atom. The maximum absolute atomic E-state index is 12.3. The van der Waals surface area contributed by atoms with Crippen molar-refractivity contribution in [1.82, 2.24) is 4.98 Å². The third-order valence-electron chi connectivity index (χ3n) is 2.77. The van der Waals surface area contributed by atoms with Crippen LogP contribution in [-0.4, -0.2) is 18.0 Å². The van der Waals surface area contributed by atoms with Crippen molar-refractivity contribution in [2.75, 3.05) is 18.2 Å². The van der Waals surface area contributed by atoms with Crippen molar-refractivity contribution < 1.29 is 9.53 Å². The molecule has 0 spiro atoms. The number of methoxy groups -OCH3 is 1. The topological polar surface area (TPSA) is 77.2 Å². The number of pyridine rings is 1. The van der Waals surface area contributed by atoms with E-state index in [4.69, 9.17) is 10.5 Å². The minimum atomic E-state index is -0.267. The van der Waals surface area contributed by atoms with Gasteiger partial charge in [0, 0.05) is 10.5 Å². The molecule has 2 aromatic rings. The van der Waals surface area contributed by atoms with Crippen LogP contribution in [0.15, 0.2) is 34.9 Å². The van der Waals surface area contributed by atoms with Crippen molar-refractivity contribution in [1.29, 1.82) is 0 Å². The van der Waals surface area contributed by atoms with Gasteiger partial charge in [0.25, 0.3) is 5.91 Å². The molecule has 0 aliphatic heterocycles. The predicted octanol–water partition coefficient (Wildman–Crippen LogP) is 3.00. The first-order valence-electron chi connectivity index (χ1n) is 5.88. The quantitative estimate of drug-likeness (QED) is 0.903. The van der Waals surface area contributed by atoms with Gasteiger partial charge in [-0.2, -0.15) is 0 Å². The Morgan fingerprint density at radius 3 is 2.85 bits per heavy atom. The molecule has 2 rings (SSSR count). The van der Waals surface area contributed by atoms with Gasteiger partial charge < -0.3 is 15.8 Å². The Bertz CT molecular complexity index is 659. The summed E-state index contributed by atoms with van der Waals surface area (Å²) in [5.74, 6) is 0.391. The summed E-state index contributed by atoms with van der Waals surface area (Å²) in [4.78, 5) is 16.3. The zero-order chi connectivity index (χ0) is 14.7. The molecule has 0 unspecified atom stereocenters. The molecule has 0 atom stereocenters. The van der Waals surface area contributed by atoms with Gasteiger partial charge in [0.05, 0.1) is 35.9 Å². The number of rotatable bonds is 3. The zero-order valence-corrected chi connectivity index (χ0v) is 12.7. The van der Waals surface area contributed by atoms with E-state index in [2.05, 4.69) is 26.2 Å². The number of amides is 1. The highest BCUT2D eigenvalue weighted by atomic mass is 79.9. The fraction of sp³-hybridized carbons (Fsp3) is 0.143. The number of nitrogens with one attached hydrogen (secondary N) is 1. The van der Waals surface area contributed by atoms with Gasteiger partial charge in [0.15, 0.2) is 0 Å². The first kappa shape index (κ1) is 14.3. The molecule has 1 aromatic carbocycles. The van der Waals surface area contributed by atoms with E-state index in [9.17, 15) is 4.79 Å². The maximum atomic E-state index is 12.3. The van der Waals surface area contributed by atoms with Crippen LogP contribution in [0, 0.1) is 6.92 Å². The second-order valence-corrected chi connectivity index (χ2v) is 5.06. The van der Waals surface area contributed by atoms with Gasteiger partial charge in [-0.15, -0.1) is 0 Å². The summed E-state index contributed by atoms with van der Waals surface area (Å²) in [7, 11) is 1.57. The highest BCUT2D eigenvalue weighted by Crippen LogP contribution is 2.27. The van der Waals surface area contributed by atoms with Gasteiger partial charge >= 0.3 is 0 Å². The summed E-state index contributed by atoms with van der Waals surface area (Å²) in [5, 5.41) is 2.81. The maximum Gasteiger partial charge on any atom is 0.257 e. The number of carbonyl (C=O) groups excluding carboxylic acids is 1. The van der Waals surface area contributed by atoms with Crippen LogP contribution in [-0.2, 0) is 0 Å². The molecule has 20 heavy (non-hydrogen) atoms. The van der Waals surface area contributed by atoms with E-state index < -0.39 is 0 Å². The lowest BCUT2D eigenvalue weighted by atomic mass is 10.1. The van der Waals surface area contributed by atoms with E-state index in [-0.39, 0.29) is 5.91 Å². The standard InChI is InChI=1S/C14H14BrN3O2/c1-8-11(5-9(16)7-17-8)14(19)18-13-6-10(20-2)3-4-12(13)15/h3-7H,16H2,1-2H3,(H,18,19). The van der Waals surface area contributed by atoms with Crippen LogP contribution < -0.4 is 15.8 Å². The minimum absolute atomic E-state index is 0.267. The second-order valence-electron chi connectivity index (χ2n) is 4.20. The third-order valence-corrected chi connectivity index (χ3v) is 3.47. The monoisotopic (exact) mass is 335 g/mol. The van der Waals surface area contributed by atoms with Crippen LogP contribution in [0.1, 0.15) is 16.1 Å². The Labute approximate surface area is 125 Å². The summed E-state index contributed by atoms with van der Waals surface area (Å²) in [6, 6.07) is 6.94. The molecule has 104 valence electrons. The molecule has 0 aliphatic rings. The molecule has 0 bridgehead atoms. The van der Waals surface area contributed by atoms with Gasteiger partial charge in [-0.05, 0) is 41.1 Å². The molecule has 1 heterocycles. The van der Waals surface area contributed by atoms with Crippen LogP contribution in [0.5, 0.6) is 5.75 Å². The predicted molar refractivity (Wildman–Crippen MR) is 82.0 cm³/mol. The molecule has 0 fully saturated rings. The first-order valence-corrected chi connectivity index (χ1v) is 6.67. The summed E-state index contributed by atoms with van der Waals surface area (Å²) < 4.78 is 5.90. The minimum Gasteiger partial charge on any atom is -0.497 e. The van der Waals surface area contributed by atoms with Crippen LogP contribution in [0.3, 0.4) is 0 Å². The molecule has 0 aliphatic carbocycles. The largest absolute Gasteiger partial charge is 0.497 e. The van der Waals surface area contributed by atoms with Crippen LogP contribution >= 0.6 is 15.9 Å². The summed E-state index contributed by atoms with van der Waals surface area (Å²) in [6.45, 7) is 1.76. The number of carbonyl (C=O) groups is 1. The van der Waals surface area contributed by atoms with Gasteiger partial charge in [-0.3, -0.25) is 9.78 Å². The fourth-order valence-electron chi connectivity index (χ4n) is 1.70. The lowest BCUT2D eigenvalue weighted by molar-refractivity contribution is 0.102. The number of ether oxygens (including phenoxy) is 1. The van der Waals surface area contributed by atoms with Crippen molar-refractivity contribution in [2.45, 2.75) is 6.92 Å². The molecule has 0 saturated carbocycles. The Balaban J connectivity index is 2.30. The molecule has 0 radical (unpaired) electrons. The number of hydrogen-bond donors (Lipinski definition) is 2. The molecule has 1 amide bonds. The number of anilines is 2. The van der Waals surface area contributed by atoms with Crippen molar-refractivity contribution in [3.8, 4) is 5.75 Å². The first-order chi connectivity index (χ1) is 9.51. The summed E-state index contributed by atoms with van der Waals surface area (Å²) >= 11 is 3.38. The average Bonchev–Trinajstić information content (AvgIpc) is 2.43. The third kappa shape index (κ3) is 3.08. The molecule has 6 heteroatoms. The molecular weight excluding hydrogens is 322 g/mol. The number of aryl methyl sites for hydroxylation is 1. The van der Waals surface area contributed by atoms with Crippen molar-refractivity contribution >= 4 is 33.2 Å². The van der Waals surface area contributed by atoms with Crippen LogP contribution in [0.4, 0.5) is 11.4 Å². The van der Waals surface area contributed by atoms with E-state index >= 15 is 0 Å². The molecule has 3 N–H and O–H groups in total. The SMILES string of the molecule is COc1ccc(Br)c(NC(=O)c2cc(N)cnc2C)c1. The van der Waals surface area contributed by atoms with Gasteiger partial charge in [0.1, 0.15) is 5.75 Å². The van der Waals surface area contributed by atoms with E-state index in [0.717, 1.165) is 4.47 Å². The Morgan fingerprint density at radius 2 is 2.15 bits per heavy atom. The fourth-order valence-corrected chi connectivity index (χ4v) is 2.04. The second kappa shape index (κ2) is 5.92. The van der Waals surface area contributed by atoms with Crippen molar-refractivity contribution in [2.24, 2.45) is 0 Å². The van der Waals surface area contributed by atoms with Crippen molar-refractivity contribution in [3.63, 3.8) is 0 Å². The number of benzene rings is 1. The lowest BCUT2D eigenvalue weighted by Crippen LogP contribution is -2.15. The Kier molecular flexibility index (Phi) is 4.24. The van der Waals surface area contributed by atoms with Crippen LogP contribution in [0.2, 0.25) is 0 Å². The number of halogens is 1. The number of hydrogen-bond acceptors (Lipinski definition) is 4. The van der Waals surface area contributed by atoms with Gasteiger partial charge in [0.2, 0.25) is 0 Å². The summed E-state index contributed by atoms with van der Waals surface area (Å²) in [5.41, 5.74) is 7.80. The van der Waals surface area contributed by atoms with Gasteiger partial charge in [-0.1, -0.05) is 0 Å². The smallest absolute Gasteiger partial charge is 0.257 e. The number of aromatic nitrogens is 1. The number of nitrogens with two attached hydrogens (primary N) is 1. The van der Waals surface area contributed by atoms with Crippen LogP contribution in [0.25, 0.3) is 0 Å². The Hall–Kier alpha value is -2.08. The van der Waals surface area contributed by atoms with E-state index in [0.29, 0.717) is 28.4 Å². The molecule has 0 saturated heterocycles. The summed E-state index contributed by atoms with van der Waals surface area (Å²) in [6.07, 6.45) is 1.52. The molecular formula is C14H14BrN3O2. The normalized spacial score (nSPS) is 10.2. The highest BCUT2D eigenvalue weighted by Gasteiger charge is 2.13. The van der Waals surface area contributed by atoms with E-state index in [1.807, 2.05) is 0 Å².